The SMILES string of the molecule is NC(=O)CNC(=O)c1cc(F)c(NC2CCCCC2)cc1NC1CCCC1. The Balaban J connectivity index is 1.82. The van der Waals surface area contributed by atoms with E-state index < -0.39 is 17.6 Å². The van der Waals surface area contributed by atoms with Crippen LogP contribution in [-0.4, -0.2) is 30.4 Å². The minimum absolute atomic E-state index is 0.204. The number of halogens is 1. The van der Waals surface area contributed by atoms with Crippen molar-refractivity contribution in [3.05, 3.63) is 23.5 Å². The lowest BCUT2D eigenvalue weighted by molar-refractivity contribution is -0.117. The lowest BCUT2D eigenvalue weighted by atomic mass is 9.95. The molecule has 0 radical (unpaired) electrons. The maximum Gasteiger partial charge on any atom is 0.253 e. The molecule has 0 spiro atoms. The maximum atomic E-state index is 14.7. The Morgan fingerprint density at radius 1 is 0.926 bits per heavy atom. The third kappa shape index (κ3) is 5.34. The Hall–Kier alpha value is -2.31. The highest BCUT2D eigenvalue weighted by atomic mass is 19.1. The largest absolute Gasteiger partial charge is 0.382 e. The van der Waals surface area contributed by atoms with Gasteiger partial charge in [0, 0.05) is 17.8 Å². The third-order valence-corrected chi connectivity index (χ3v) is 5.45. The zero-order chi connectivity index (χ0) is 19.2. The van der Waals surface area contributed by atoms with Crippen LogP contribution in [0.15, 0.2) is 12.1 Å². The van der Waals surface area contributed by atoms with Crippen molar-refractivity contribution < 1.29 is 14.0 Å². The molecule has 2 aliphatic rings. The van der Waals surface area contributed by atoms with Gasteiger partial charge in [-0.1, -0.05) is 32.1 Å². The molecule has 1 aromatic carbocycles. The topological polar surface area (TPSA) is 96.2 Å². The van der Waals surface area contributed by atoms with E-state index in [2.05, 4.69) is 16.0 Å². The van der Waals surface area contributed by atoms with Crippen LogP contribution in [0.25, 0.3) is 0 Å². The predicted octanol–water partition coefficient (Wildman–Crippen LogP) is 3.14. The number of benzene rings is 1. The molecular weight excluding hydrogens is 347 g/mol. The van der Waals surface area contributed by atoms with E-state index in [1.54, 1.807) is 6.07 Å². The normalized spacial score (nSPS) is 18.3. The van der Waals surface area contributed by atoms with Crippen LogP contribution in [0.1, 0.15) is 68.1 Å². The Kier molecular flexibility index (Phi) is 6.53. The van der Waals surface area contributed by atoms with E-state index in [0.29, 0.717) is 11.4 Å². The molecule has 27 heavy (non-hydrogen) atoms. The van der Waals surface area contributed by atoms with Gasteiger partial charge in [0.25, 0.3) is 5.91 Å². The second kappa shape index (κ2) is 9.06. The van der Waals surface area contributed by atoms with E-state index >= 15 is 0 Å². The van der Waals surface area contributed by atoms with E-state index in [-0.39, 0.29) is 24.2 Å². The molecule has 6 nitrogen and oxygen atoms in total. The smallest absolute Gasteiger partial charge is 0.253 e. The van der Waals surface area contributed by atoms with Gasteiger partial charge in [-0.05, 0) is 37.8 Å². The first-order chi connectivity index (χ1) is 13.0. The number of carbonyl (C=O) groups is 2. The molecule has 2 fully saturated rings. The summed E-state index contributed by atoms with van der Waals surface area (Å²) >= 11 is 0. The minimum Gasteiger partial charge on any atom is -0.382 e. The van der Waals surface area contributed by atoms with Crippen molar-refractivity contribution in [2.45, 2.75) is 69.9 Å². The molecule has 2 amide bonds. The van der Waals surface area contributed by atoms with Crippen molar-refractivity contribution in [1.29, 1.82) is 0 Å². The first-order valence-corrected chi connectivity index (χ1v) is 9.96. The first kappa shape index (κ1) is 19.5. The van der Waals surface area contributed by atoms with Gasteiger partial charge < -0.3 is 21.7 Å². The van der Waals surface area contributed by atoms with Crippen LogP contribution in [0.5, 0.6) is 0 Å². The van der Waals surface area contributed by atoms with E-state index in [9.17, 15) is 14.0 Å². The fourth-order valence-corrected chi connectivity index (χ4v) is 4.01. The number of carbonyl (C=O) groups excluding carboxylic acids is 2. The number of nitrogens with one attached hydrogen (secondary N) is 3. The average Bonchev–Trinajstić information content (AvgIpc) is 3.16. The van der Waals surface area contributed by atoms with Gasteiger partial charge in [0.2, 0.25) is 5.91 Å². The van der Waals surface area contributed by atoms with Gasteiger partial charge in [0.05, 0.1) is 17.8 Å². The number of nitrogens with two attached hydrogens (primary N) is 1. The van der Waals surface area contributed by atoms with Crippen LogP contribution in [-0.2, 0) is 4.79 Å². The molecule has 0 saturated heterocycles. The first-order valence-electron chi connectivity index (χ1n) is 9.96. The molecule has 2 saturated carbocycles. The summed E-state index contributed by atoms with van der Waals surface area (Å²) in [6, 6.07) is 3.49. The Morgan fingerprint density at radius 3 is 2.07 bits per heavy atom. The fraction of sp³-hybridized carbons (Fsp3) is 0.600. The molecule has 7 heteroatoms. The van der Waals surface area contributed by atoms with Crippen LogP contribution in [0.2, 0.25) is 0 Å². The van der Waals surface area contributed by atoms with Gasteiger partial charge in [-0.2, -0.15) is 0 Å². The molecule has 0 aromatic heterocycles. The molecule has 0 atom stereocenters. The van der Waals surface area contributed by atoms with Crippen LogP contribution in [0, 0.1) is 5.82 Å². The Labute approximate surface area is 159 Å². The number of amides is 2. The van der Waals surface area contributed by atoms with Crippen molar-refractivity contribution in [2.24, 2.45) is 5.73 Å². The zero-order valence-electron chi connectivity index (χ0n) is 15.7. The van der Waals surface area contributed by atoms with E-state index in [1.807, 2.05) is 0 Å². The summed E-state index contributed by atoms with van der Waals surface area (Å²) in [6.45, 7) is -0.272. The zero-order valence-corrected chi connectivity index (χ0v) is 15.7. The summed E-state index contributed by atoms with van der Waals surface area (Å²) in [5.41, 5.74) is 6.32. The van der Waals surface area contributed by atoms with Crippen molar-refractivity contribution in [3.8, 4) is 0 Å². The molecule has 0 unspecified atom stereocenters. The molecule has 0 bridgehead atoms. The van der Waals surface area contributed by atoms with Gasteiger partial charge >= 0.3 is 0 Å². The van der Waals surface area contributed by atoms with Crippen LogP contribution in [0.3, 0.4) is 0 Å². The monoisotopic (exact) mass is 376 g/mol. The molecule has 2 aliphatic carbocycles. The number of rotatable bonds is 7. The Morgan fingerprint density at radius 2 is 1.48 bits per heavy atom. The minimum atomic E-state index is -0.635. The summed E-state index contributed by atoms with van der Waals surface area (Å²) in [5.74, 6) is -1.59. The molecule has 0 aliphatic heterocycles. The highest BCUT2D eigenvalue weighted by Crippen LogP contribution is 2.30. The van der Waals surface area contributed by atoms with Crippen molar-refractivity contribution in [1.82, 2.24) is 5.32 Å². The lowest BCUT2D eigenvalue weighted by Gasteiger charge is -2.25. The van der Waals surface area contributed by atoms with Crippen molar-refractivity contribution >= 4 is 23.2 Å². The van der Waals surface area contributed by atoms with E-state index in [0.717, 1.165) is 51.4 Å². The van der Waals surface area contributed by atoms with Gasteiger partial charge in [0.1, 0.15) is 5.82 Å². The highest BCUT2D eigenvalue weighted by molar-refractivity contribution is 6.01. The second-order valence-electron chi connectivity index (χ2n) is 7.63. The molecule has 148 valence electrons. The molecule has 0 heterocycles. The van der Waals surface area contributed by atoms with Crippen LogP contribution >= 0.6 is 0 Å². The standard InChI is InChI=1S/C20H29FN4O2/c21-16-10-15(20(27)23-12-19(22)26)17(24-13-8-4-5-9-13)11-18(16)25-14-6-2-1-3-7-14/h10-11,13-14,24-25H,1-9,12H2,(H2,22,26)(H,23,27). The highest BCUT2D eigenvalue weighted by Gasteiger charge is 2.22. The number of hydrogen-bond donors (Lipinski definition) is 4. The summed E-state index contributed by atoms with van der Waals surface area (Å²) in [4.78, 5) is 23.4. The average molecular weight is 376 g/mol. The van der Waals surface area contributed by atoms with Gasteiger partial charge in [-0.25, -0.2) is 4.39 Å². The van der Waals surface area contributed by atoms with Gasteiger partial charge in [-0.15, -0.1) is 0 Å². The van der Waals surface area contributed by atoms with Crippen molar-refractivity contribution in [2.75, 3.05) is 17.2 Å². The number of anilines is 2. The molecule has 5 N–H and O–H groups in total. The quantitative estimate of drug-likeness (QED) is 0.588. The molecule has 1 aromatic rings. The van der Waals surface area contributed by atoms with Crippen LogP contribution < -0.4 is 21.7 Å². The van der Waals surface area contributed by atoms with Crippen molar-refractivity contribution in [3.63, 3.8) is 0 Å². The summed E-state index contributed by atoms with van der Waals surface area (Å²) < 4.78 is 14.7. The summed E-state index contributed by atoms with van der Waals surface area (Å²) in [7, 11) is 0. The molecular formula is C20H29FN4O2. The fourth-order valence-electron chi connectivity index (χ4n) is 4.01. The maximum absolute atomic E-state index is 14.7. The van der Waals surface area contributed by atoms with E-state index in [1.165, 1.54) is 12.5 Å². The number of hydrogen-bond acceptors (Lipinski definition) is 4. The lowest BCUT2D eigenvalue weighted by Crippen LogP contribution is -2.34. The summed E-state index contributed by atoms with van der Waals surface area (Å²) in [5, 5.41) is 9.16. The second-order valence-corrected chi connectivity index (χ2v) is 7.63. The predicted molar refractivity (Wildman–Crippen MR) is 104 cm³/mol. The number of primary amides is 1. The molecule has 3 rings (SSSR count). The van der Waals surface area contributed by atoms with Gasteiger partial charge in [0.15, 0.2) is 0 Å². The summed E-state index contributed by atoms with van der Waals surface area (Å²) in [6.07, 6.45) is 9.96. The van der Waals surface area contributed by atoms with Crippen LogP contribution in [0.4, 0.5) is 15.8 Å². The Bertz CT molecular complexity index is 683. The van der Waals surface area contributed by atoms with Gasteiger partial charge in [-0.3, -0.25) is 9.59 Å². The van der Waals surface area contributed by atoms with E-state index in [4.69, 9.17) is 5.73 Å². The third-order valence-electron chi connectivity index (χ3n) is 5.45.